The highest BCUT2D eigenvalue weighted by atomic mass is 32.1. The Kier molecular flexibility index (Phi) is 4.66. The van der Waals surface area contributed by atoms with E-state index >= 15 is 0 Å². The summed E-state index contributed by atoms with van der Waals surface area (Å²) in [5.74, 6) is 0.286. The molecule has 0 saturated heterocycles. The van der Waals surface area contributed by atoms with Crippen molar-refractivity contribution in [3.05, 3.63) is 63.2 Å². The number of aromatic nitrogens is 2. The number of rotatable bonds is 6. The summed E-state index contributed by atoms with van der Waals surface area (Å²) in [5.41, 5.74) is 1.25. The highest BCUT2D eigenvalue weighted by Gasteiger charge is 2.20. The minimum absolute atomic E-state index is 0.0702. The van der Waals surface area contributed by atoms with Crippen LogP contribution < -0.4 is 4.74 Å². The van der Waals surface area contributed by atoms with Gasteiger partial charge in [-0.15, -0.1) is 11.3 Å². The molecule has 2 aromatic heterocycles. The third-order valence-corrected chi connectivity index (χ3v) is 5.18. The van der Waals surface area contributed by atoms with Crippen LogP contribution in [0.4, 0.5) is 4.39 Å². The fraction of sp³-hybridized carbons (Fsp3) is 0.278. The lowest BCUT2D eigenvalue weighted by Crippen LogP contribution is -2.04. The van der Waals surface area contributed by atoms with Gasteiger partial charge in [0, 0.05) is 4.88 Å². The van der Waals surface area contributed by atoms with Gasteiger partial charge in [-0.25, -0.2) is 9.18 Å². The second kappa shape index (κ2) is 7.25. The van der Waals surface area contributed by atoms with Gasteiger partial charge in [0.2, 0.25) is 5.82 Å². The second-order valence-corrected chi connectivity index (χ2v) is 6.97. The maximum Gasteiger partial charge on any atom is 0.348 e. The first-order valence-corrected chi connectivity index (χ1v) is 8.97. The lowest BCUT2D eigenvalue weighted by atomic mass is 10.2. The van der Waals surface area contributed by atoms with Crippen LogP contribution in [-0.2, 0) is 30.8 Å². The molecule has 8 heteroatoms. The van der Waals surface area contributed by atoms with Gasteiger partial charge in [0.1, 0.15) is 16.4 Å². The number of nitrogens with zero attached hydrogens (tertiary/aromatic N) is 2. The van der Waals surface area contributed by atoms with Crippen LogP contribution in [0.2, 0.25) is 0 Å². The molecule has 0 aliphatic heterocycles. The van der Waals surface area contributed by atoms with Crippen LogP contribution in [0.1, 0.15) is 38.2 Å². The minimum atomic E-state index is -0.383. The molecule has 0 unspecified atom stereocenters. The number of thiophene rings is 1. The zero-order valence-electron chi connectivity index (χ0n) is 13.7. The van der Waals surface area contributed by atoms with Crippen molar-refractivity contribution in [2.75, 3.05) is 0 Å². The van der Waals surface area contributed by atoms with E-state index in [0.29, 0.717) is 16.5 Å². The molecular weight excluding hydrogens is 359 g/mol. The number of fused-ring (bicyclic) bond motifs is 1. The molecule has 3 aromatic rings. The van der Waals surface area contributed by atoms with Crippen molar-refractivity contribution in [1.29, 1.82) is 0 Å². The molecule has 1 aliphatic carbocycles. The second-order valence-electron chi connectivity index (χ2n) is 5.84. The number of benzene rings is 1. The van der Waals surface area contributed by atoms with E-state index in [-0.39, 0.29) is 30.9 Å². The Bertz CT molecular complexity index is 898. The van der Waals surface area contributed by atoms with E-state index < -0.39 is 0 Å². The van der Waals surface area contributed by atoms with Crippen molar-refractivity contribution in [2.24, 2.45) is 0 Å². The maximum absolute atomic E-state index is 12.8. The standard InChI is InChI=1S/C18H15FN2O4S/c19-12-4-6-13(7-5-12)23-9-16-20-17(25-21-16)10-24-18(22)15-8-11-2-1-3-14(11)26-15/h4-8H,1-3,9-10H2. The molecule has 6 nitrogen and oxygen atoms in total. The summed E-state index contributed by atoms with van der Waals surface area (Å²) in [6, 6.07) is 7.53. The van der Waals surface area contributed by atoms with Gasteiger partial charge < -0.3 is 14.0 Å². The molecule has 0 radical (unpaired) electrons. The lowest BCUT2D eigenvalue weighted by molar-refractivity contribution is 0.0435. The van der Waals surface area contributed by atoms with E-state index in [1.54, 1.807) is 0 Å². The molecule has 1 aromatic carbocycles. The van der Waals surface area contributed by atoms with Crippen molar-refractivity contribution < 1.29 is 23.2 Å². The molecule has 134 valence electrons. The molecule has 0 bridgehead atoms. The number of carbonyl (C=O) groups excluding carboxylic acids is 1. The van der Waals surface area contributed by atoms with Crippen LogP contribution >= 0.6 is 11.3 Å². The Labute approximate surface area is 152 Å². The van der Waals surface area contributed by atoms with E-state index in [1.807, 2.05) is 6.07 Å². The first-order valence-electron chi connectivity index (χ1n) is 8.16. The third kappa shape index (κ3) is 3.75. The Morgan fingerprint density at radius 3 is 2.88 bits per heavy atom. The van der Waals surface area contributed by atoms with E-state index in [9.17, 15) is 9.18 Å². The van der Waals surface area contributed by atoms with Crippen LogP contribution in [0.3, 0.4) is 0 Å². The maximum atomic E-state index is 12.8. The normalized spacial score (nSPS) is 12.8. The summed E-state index contributed by atoms with van der Waals surface area (Å²) in [5, 5.41) is 3.77. The average Bonchev–Trinajstić information content (AvgIpc) is 3.35. The van der Waals surface area contributed by atoms with Gasteiger partial charge in [-0.3, -0.25) is 0 Å². The van der Waals surface area contributed by atoms with Gasteiger partial charge in [-0.05, 0) is 55.2 Å². The summed E-state index contributed by atoms with van der Waals surface area (Å²) in [6.07, 6.45) is 3.22. The van der Waals surface area contributed by atoms with Gasteiger partial charge in [-0.2, -0.15) is 4.98 Å². The van der Waals surface area contributed by atoms with Crippen LogP contribution in [0, 0.1) is 5.82 Å². The Morgan fingerprint density at radius 1 is 1.23 bits per heavy atom. The summed E-state index contributed by atoms with van der Waals surface area (Å²) in [6.45, 7) is -0.0222. The van der Waals surface area contributed by atoms with Crippen LogP contribution in [0.5, 0.6) is 5.75 Å². The quantitative estimate of drug-likeness (QED) is 0.613. The molecule has 0 fully saturated rings. The number of esters is 1. The van der Waals surface area contributed by atoms with Crippen LogP contribution in [0.25, 0.3) is 0 Å². The summed E-state index contributed by atoms with van der Waals surface area (Å²) >= 11 is 1.49. The Hall–Kier alpha value is -2.74. The average molecular weight is 374 g/mol. The van der Waals surface area contributed by atoms with Crippen molar-refractivity contribution in [2.45, 2.75) is 32.5 Å². The van der Waals surface area contributed by atoms with Crippen LogP contribution in [-0.4, -0.2) is 16.1 Å². The number of ether oxygens (including phenoxy) is 2. The molecule has 0 atom stereocenters. The lowest BCUT2D eigenvalue weighted by Gasteiger charge is -2.02. The predicted octanol–water partition coefficient (Wildman–Crippen LogP) is 3.69. The molecule has 0 N–H and O–H groups in total. The van der Waals surface area contributed by atoms with E-state index in [2.05, 4.69) is 10.1 Å². The third-order valence-electron chi connectivity index (χ3n) is 3.97. The minimum Gasteiger partial charge on any atom is -0.485 e. The molecule has 2 heterocycles. The number of hydrogen-bond donors (Lipinski definition) is 0. The SMILES string of the molecule is O=C(OCc1nc(COc2ccc(F)cc2)no1)c1cc2c(s1)CCC2. The highest BCUT2D eigenvalue weighted by Crippen LogP contribution is 2.31. The summed E-state index contributed by atoms with van der Waals surface area (Å²) in [4.78, 5) is 18.1. The van der Waals surface area contributed by atoms with E-state index in [1.165, 1.54) is 46.0 Å². The van der Waals surface area contributed by atoms with Crippen molar-refractivity contribution >= 4 is 17.3 Å². The van der Waals surface area contributed by atoms with Crippen LogP contribution in [0.15, 0.2) is 34.9 Å². The summed E-state index contributed by atoms with van der Waals surface area (Å²) < 4.78 is 28.5. The molecule has 26 heavy (non-hydrogen) atoms. The first-order chi connectivity index (χ1) is 12.7. The molecule has 0 amide bonds. The number of hydrogen-bond acceptors (Lipinski definition) is 7. The van der Waals surface area contributed by atoms with Gasteiger partial charge in [-0.1, -0.05) is 5.16 Å². The molecular formula is C18H15FN2O4S. The zero-order valence-corrected chi connectivity index (χ0v) is 14.6. The predicted molar refractivity (Wildman–Crippen MR) is 90.5 cm³/mol. The fourth-order valence-corrected chi connectivity index (χ4v) is 3.86. The van der Waals surface area contributed by atoms with Crippen molar-refractivity contribution in [3.8, 4) is 5.75 Å². The summed E-state index contributed by atoms with van der Waals surface area (Å²) in [7, 11) is 0. The zero-order chi connectivity index (χ0) is 17.9. The molecule has 1 aliphatic rings. The van der Waals surface area contributed by atoms with Gasteiger partial charge >= 0.3 is 5.97 Å². The number of halogens is 1. The largest absolute Gasteiger partial charge is 0.485 e. The Morgan fingerprint density at radius 2 is 2.08 bits per heavy atom. The smallest absolute Gasteiger partial charge is 0.348 e. The Balaban J connectivity index is 1.29. The van der Waals surface area contributed by atoms with E-state index in [4.69, 9.17) is 14.0 Å². The van der Waals surface area contributed by atoms with Gasteiger partial charge in [0.05, 0.1) is 0 Å². The number of carbonyl (C=O) groups is 1. The molecule has 0 spiro atoms. The first kappa shape index (κ1) is 16.7. The molecule has 4 rings (SSSR count). The van der Waals surface area contributed by atoms with Gasteiger partial charge in [0.25, 0.3) is 5.89 Å². The van der Waals surface area contributed by atoms with Crippen molar-refractivity contribution in [1.82, 2.24) is 10.1 Å². The fourth-order valence-electron chi connectivity index (χ4n) is 2.71. The molecule has 0 saturated carbocycles. The highest BCUT2D eigenvalue weighted by molar-refractivity contribution is 7.14. The van der Waals surface area contributed by atoms with Crippen molar-refractivity contribution in [3.63, 3.8) is 0 Å². The monoisotopic (exact) mass is 374 g/mol. The van der Waals surface area contributed by atoms with E-state index in [0.717, 1.165) is 19.3 Å². The number of aryl methyl sites for hydroxylation is 2. The topological polar surface area (TPSA) is 74.5 Å². The van der Waals surface area contributed by atoms with Gasteiger partial charge in [0.15, 0.2) is 13.2 Å².